The van der Waals surface area contributed by atoms with Gasteiger partial charge in [0, 0.05) is 19.1 Å². The molecule has 1 aromatic carbocycles. The first-order valence-corrected chi connectivity index (χ1v) is 13.5. The van der Waals surface area contributed by atoms with Crippen molar-refractivity contribution in [2.45, 2.75) is 52.0 Å². The number of aryl methyl sites for hydroxylation is 2. The molecular weight excluding hydrogens is 415 g/mol. The van der Waals surface area contributed by atoms with Gasteiger partial charge in [-0.25, -0.2) is 0 Å². The Bertz CT molecular complexity index is 607. The van der Waals surface area contributed by atoms with Crippen LogP contribution >= 0.6 is 20.2 Å². The molecule has 0 saturated carbocycles. The fourth-order valence-electron chi connectivity index (χ4n) is 3.95. The highest BCUT2D eigenvalue weighted by atomic mass is 35.5. The number of carbonyl (C=O) groups excluding carboxylic acids is 1. The largest absolute Gasteiger partial charge is 0.397 e. The van der Waals surface area contributed by atoms with Gasteiger partial charge >= 0.3 is 0 Å². The molecule has 1 amide bonds. The van der Waals surface area contributed by atoms with Crippen LogP contribution in [0.3, 0.4) is 0 Å². The molecule has 0 aromatic heterocycles. The van der Waals surface area contributed by atoms with Crippen LogP contribution in [-0.4, -0.2) is 74.8 Å². The van der Waals surface area contributed by atoms with Crippen molar-refractivity contribution in [2.75, 3.05) is 58.8 Å². The first-order valence-electron chi connectivity index (χ1n) is 11.1. The van der Waals surface area contributed by atoms with Gasteiger partial charge in [0.15, 0.2) is 0 Å². The first kappa shape index (κ1) is 27.2. The molecule has 3 N–H and O–H groups in total. The van der Waals surface area contributed by atoms with Gasteiger partial charge in [0.05, 0.1) is 17.3 Å². The molecular formula is C23H42ClN4OP. The molecule has 2 heterocycles. The van der Waals surface area contributed by atoms with Gasteiger partial charge in [-0.1, -0.05) is 24.1 Å². The maximum atomic E-state index is 11.7. The molecule has 2 saturated heterocycles. The Kier molecular flexibility index (Phi) is 13.6. The minimum absolute atomic E-state index is 0.254. The second-order valence-electron chi connectivity index (χ2n) is 8.22. The number of halogens is 1. The number of rotatable bonds is 3. The maximum Gasteiger partial charge on any atom is 0.236 e. The van der Waals surface area contributed by atoms with E-state index in [1.54, 1.807) is 0 Å². The maximum absolute atomic E-state index is 11.7. The monoisotopic (exact) mass is 456 g/mol. The van der Waals surface area contributed by atoms with Crippen molar-refractivity contribution in [1.29, 1.82) is 0 Å². The SMILES string of the molecule is CNCC(=O)N1CCC(N2CCCCC2)CC1.CPC.Cc1cc(C)c(N)c(Cl)c1. The summed E-state index contributed by atoms with van der Waals surface area (Å²) in [7, 11) is 2.92. The summed E-state index contributed by atoms with van der Waals surface area (Å²) in [6, 6.07) is 4.61. The minimum atomic E-state index is 0.254. The van der Waals surface area contributed by atoms with Crippen LogP contribution in [0.4, 0.5) is 5.69 Å². The van der Waals surface area contributed by atoms with E-state index in [4.69, 9.17) is 17.3 Å². The van der Waals surface area contributed by atoms with E-state index in [1.165, 1.54) is 32.4 Å². The highest BCUT2D eigenvalue weighted by molar-refractivity contribution is 7.35. The van der Waals surface area contributed by atoms with E-state index in [2.05, 4.69) is 23.5 Å². The minimum Gasteiger partial charge on any atom is -0.397 e. The Balaban J connectivity index is 0.000000294. The van der Waals surface area contributed by atoms with Crippen LogP contribution in [-0.2, 0) is 4.79 Å². The number of likely N-dealkylation sites (N-methyl/N-ethyl adjacent to an activating group) is 1. The molecule has 30 heavy (non-hydrogen) atoms. The van der Waals surface area contributed by atoms with Gasteiger partial charge in [-0.3, -0.25) is 4.79 Å². The lowest BCUT2D eigenvalue weighted by Gasteiger charge is -2.40. The molecule has 0 spiro atoms. The topological polar surface area (TPSA) is 61.6 Å². The fourth-order valence-corrected chi connectivity index (χ4v) is 4.28. The number of hydrogen-bond acceptors (Lipinski definition) is 4. The van der Waals surface area contributed by atoms with Gasteiger partial charge in [-0.2, -0.15) is 0 Å². The third-order valence-corrected chi connectivity index (χ3v) is 5.85. The third kappa shape index (κ3) is 9.51. The summed E-state index contributed by atoms with van der Waals surface area (Å²) in [4.78, 5) is 16.4. The van der Waals surface area contributed by atoms with Gasteiger partial charge < -0.3 is 20.9 Å². The molecule has 0 aliphatic carbocycles. The van der Waals surface area contributed by atoms with Crippen molar-refractivity contribution in [3.05, 3.63) is 28.3 Å². The zero-order valence-corrected chi connectivity index (χ0v) is 21.3. The van der Waals surface area contributed by atoms with E-state index in [9.17, 15) is 4.79 Å². The van der Waals surface area contributed by atoms with E-state index >= 15 is 0 Å². The lowest BCUT2D eigenvalue weighted by atomic mass is 10.00. The van der Waals surface area contributed by atoms with Gasteiger partial charge in [0.2, 0.25) is 5.91 Å². The van der Waals surface area contributed by atoms with Gasteiger partial charge in [0.1, 0.15) is 0 Å². The Labute approximate surface area is 190 Å². The third-order valence-electron chi connectivity index (χ3n) is 5.53. The molecule has 7 heteroatoms. The molecule has 0 radical (unpaired) electrons. The number of amides is 1. The highest BCUT2D eigenvalue weighted by Gasteiger charge is 2.27. The van der Waals surface area contributed by atoms with Crippen molar-refractivity contribution in [2.24, 2.45) is 0 Å². The summed E-state index contributed by atoms with van der Waals surface area (Å²) in [5.74, 6) is 0.254. The van der Waals surface area contributed by atoms with Crippen LogP contribution in [0.15, 0.2) is 12.1 Å². The Hall–Kier alpha value is -0.870. The predicted molar refractivity (Wildman–Crippen MR) is 134 cm³/mol. The second kappa shape index (κ2) is 15.0. The second-order valence-corrected chi connectivity index (χ2v) is 9.62. The zero-order valence-electron chi connectivity index (χ0n) is 19.6. The number of likely N-dealkylation sites (tertiary alicyclic amines) is 2. The molecule has 5 nitrogen and oxygen atoms in total. The average Bonchev–Trinajstić information content (AvgIpc) is 2.74. The van der Waals surface area contributed by atoms with Crippen LogP contribution < -0.4 is 11.1 Å². The summed E-state index contributed by atoms with van der Waals surface area (Å²) in [6.45, 7) is 13.2. The summed E-state index contributed by atoms with van der Waals surface area (Å²) >= 11 is 5.79. The summed E-state index contributed by atoms with van der Waals surface area (Å²) in [6.07, 6.45) is 6.44. The number of nitrogens with zero attached hydrogens (tertiary/aromatic N) is 2. The number of nitrogens with one attached hydrogen (secondary N) is 1. The first-order chi connectivity index (χ1) is 14.3. The van der Waals surface area contributed by atoms with E-state index in [-0.39, 0.29) is 5.91 Å². The van der Waals surface area contributed by atoms with Crippen molar-refractivity contribution >= 4 is 31.8 Å². The number of benzene rings is 1. The predicted octanol–water partition coefficient (Wildman–Crippen LogP) is 4.15. The molecule has 0 unspecified atom stereocenters. The lowest BCUT2D eigenvalue weighted by Crippen LogP contribution is -2.49. The highest BCUT2D eigenvalue weighted by Crippen LogP contribution is 2.23. The average molecular weight is 457 g/mol. The number of hydrogen-bond donors (Lipinski definition) is 2. The Morgan fingerprint density at radius 3 is 2.20 bits per heavy atom. The van der Waals surface area contributed by atoms with Crippen LogP contribution in [0.2, 0.25) is 5.02 Å². The van der Waals surface area contributed by atoms with Crippen molar-refractivity contribution in [3.8, 4) is 0 Å². The number of anilines is 1. The molecule has 0 atom stereocenters. The Morgan fingerprint density at radius 2 is 1.70 bits per heavy atom. The lowest BCUT2D eigenvalue weighted by molar-refractivity contribution is -0.131. The van der Waals surface area contributed by atoms with Crippen LogP contribution in [0, 0.1) is 13.8 Å². The number of piperidine rings is 2. The van der Waals surface area contributed by atoms with E-state index < -0.39 is 0 Å². The van der Waals surface area contributed by atoms with Crippen LogP contribution in [0.1, 0.15) is 43.2 Å². The molecule has 3 rings (SSSR count). The molecule has 172 valence electrons. The molecule has 1 aromatic rings. The standard InChI is InChI=1S/C13H25N3O.C8H10ClN.C2H7P/c1-14-11-13(17)16-9-5-12(6-10-16)15-7-3-2-4-8-15;1-5-3-6(2)8(10)7(9)4-5;1-3-2/h12,14H,2-11H2,1H3;3-4H,10H2,1-2H3;3H,1-2H3. The summed E-state index contributed by atoms with van der Waals surface area (Å²) in [5, 5.41) is 3.59. The quantitative estimate of drug-likeness (QED) is 0.530. The van der Waals surface area contributed by atoms with Crippen molar-refractivity contribution in [3.63, 3.8) is 0 Å². The molecule has 2 aliphatic rings. The van der Waals surface area contributed by atoms with Gasteiger partial charge in [0.25, 0.3) is 0 Å². The van der Waals surface area contributed by atoms with E-state index in [0.717, 1.165) is 51.7 Å². The molecule has 2 aliphatic heterocycles. The normalized spacial score (nSPS) is 17.5. The zero-order chi connectivity index (χ0) is 22.5. The molecule has 0 bridgehead atoms. The smallest absolute Gasteiger partial charge is 0.236 e. The summed E-state index contributed by atoms with van der Waals surface area (Å²) in [5.41, 5.74) is 8.50. The number of nitrogens with two attached hydrogens (primary N) is 1. The molecule has 2 fully saturated rings. The van der Waals surface area contributed by atoms with Crippen molar-refractivity contribution < 1.29 is 4.79 Å². The fraction of sp³-hybridized carbons (Fsp3) is 0.696. The van der Waals surface area contributed by atoms with E-state index in [1.807, 2.05) is 37.9 Å². The Morgan fingerprint density at radius 1 is 1.13 bits per heavy atom. The van der Waals surface area contributed by atoms with Crippen molar-refractivity contribution in [1.82, 2.24) is 15.1 Å². The van der Waals surface area contributed by atoms with Gasteiger partial charge in [-0.05, 0) is 90.2 Å². The van der Waals surface area contributed by atoms with Crippen LogP contribution in [0.25, 0.3) is 0 Å². The van der Waals surface area contributed by atoms with E-state index in [0.29, 0.717) is 17.3 Å². The summed E-state index contributed by atoms with van der Waals surface area (Å²) < 4.78 is 0. The van der Waals surface area contributed by atoms with Crippen LogP contribution in [0.5, 0.6) is 0 Å². The van der Waals surface area contributed by atoms with Gasteiger partial charge in [-0.15, -0.1) is 8.58 Å². The number of nitrogen functional groups attached to an aromatic ring is 1. The number of carbonyl (C=O) groups is 1.